The van der Waals surface area contributed by atoms with E-state index < -0.39 is 59.6 Å². The molecule has 0 saturated carbocycles. The Bertz CT molecular complexity index is 843. The minimum atomic E-state index is -2.48. The van der Waals surface area contributed by atoms with Crippen LogP contribution < -0.4 is 11.1 Å². The molecule has 0 spiro atoms. The highest BCUT2D eigenvalue weighted by Gasteiger charge is 2.60. The lowest BCUT2D eigenvalue weighted by atomic mass is 9.66. The zero-order chi connectivity index (χ0) is 23.5. The summed E-state index contributed by atoms with van der Waals surface area (Å²) in [4.78, 5) is 50.9. The van der Waals surface area contributed by atoms with Crippen molar-refractivity contribution < 1.29 is 29.0 Å². The summed E-state index contributed by atoms with van der Waals surface area (Å²) in [6.45, 7) is 19.6. The van der Waals surface area contributed by atoms with Crippen molar-refractivity contribution in [2.45, 2.75) is 39.6 Å². The molecule has 1 saturated heterocycles. The highest BCUT2D eigenvalue weighted by molar-refractivity contribution is 6.08. The number of carbonyl (C=O) groups is 4. The molecule has 4 N–H and O–H groups in total. The molecular weight excluding hydrogens is 388 g/mol. The van der Waals surface area contributed by atoms with Gasteiger partial charge >= 0.3 is 0 Å². The Balaban J connectivity index is 3.65. The molecule has 1 aliphatic rings. The number of hydrogen-bond acceptors (Lipinski definition) is 7. The number of ether oxygens (including phenoxy) is 1. The number of Topliss-reactive ketones (excluding diaryl/α,β-unsaturated/α-hetero) is 3. The number of aliphatic hydroxyl groups is 1. The quantitative estimate of drug-likeness (QED) is 0.375. The van der Waals surface area contributed by atoms with Gasteiger partial charge in [-0.1, -0.05) is 26.3 Å². The molecule has 0 aliphatic carbocycles. The van der Waals surface area contributed by atoms with E-state index in [9.17, 15) is 24.3 Å². The van der Waals surface area contributed by atoms with Crippen molar-refractivity contribution in [2.75, 3.05) is 6.61 Å². The summed E-state index contributed by atoms with van der Waals surface area (Å²) in [6, 6.07) is 0. The van der Waals surface area contributed by atoms with Crippen LogP contribution in [-0.4, -0.2) is 46.9 Å². The van der Waals surface area contributed by atoms with Gasteiger partial charge in [-0.15, -0.1) is 0 Å². The molecule has 5 atom stereocenters. The molecule has 1 amide bonds. The lowest BCUT2D eigenvalue weighted by Gasteiger charge is -2.48. The van der Waals surface area contributed by atoms with E-state index in [0.29, 0.717) is 0 Å². The number of ketones is 3. The number of carbonyl (C=O) groups excluding carboxylic acids is 4. The molecule has 164 valence electrons. The van der Waals surface area contributed by atoms with E-state index in [4.69, 9.17) is 10.5 Å². The van der Waals surface area contributed by atoms with Gasteiger partial charge < -0.3 is 20.9 Å². The van der Waals surface area contributed by atoms with Gasteiger partial charge in [-0.3, -0.25) is 19.2 Å². The van der Waals surface area contributed by atoms with E-state index in [1.165, 1.54) is 27.7 Å². The maximum Gasteiger partial charge on any atom is 0.247 e. The number of hydrogen-bond donors (Lipinski definition) is 3. The SMILES string of the molecule is C=C(C)C(=O)NC(N)C1(O)OCC(C(=O)C(=C)C)C(C(=O)C(=C)C)C1C(=O)C(=C)C. The molecule has 0 bridgehead atoms. The summed E-state index contributed by atoms with van der Waals surface area (Å²) in [5.41, 5.74) is 6.38. The fourth-order valence-electron chi connectivity index (χ4n) is 3.35. The maximum atomic E-state index is 13.1. The zero-order valence-electron chi connectivity index (χ0n) is 17.9. The lowest BCUT2D eigenvalue weighted by molar-refractivity contribution is -0.283. The molecule has 1 rings (SSSR count). The molecule has 0 aromatic heterocycles. The third-order valence-corrected chi connectivity index (χ3v) is 5.04. The Morgan fingerprint density at radius 1 is 0.933 bits per heavy atom. The molecule has 1 aliphatic heterocycles. The molecule has 1 fully saturated rings. The van der Waals surface area contributed by atoms with E-state index in [0.717, 1.165) is 0 Å². The number of nitrogens with two attached hydrogens (primary N) is 1. The molecule has 8 nitrogen and oxygen atoms in total. The Labute approximate surface area is 176 Å². The van der Waals surface area contributed by atoms with Gasteiger partial charge in [-0.2, -0.15) is 0 Å². The van der Waals surface area contributed by atoms with Crippen molar-refractivity contribution in [2.24, 2.45) is 23.5 Å². The van der Waals surface area contributed by atoms with Crippen LogP contribution in [0.25, 0.3) is 0 Å². The Morgan fingerprint density at radius 3 is 1.80 bits per heavy atom. The third kappa shape index (κ3) is 4.89. The van der Waals surface area contributed by atoms with E-state index in [-0.39, 0.29) is 22.3 Å². The van der Waals surface area contributed by atoms with Gasteiger partial charge in [0.1, 0.15) is 6.17 Å². The number of amides is 1. The average Bonchev–Trinajstić information content (AvgIpc) is 2.65. The first kappa shape index (κ1) is 25.4. The second-order valence-corrected chi connectivity index (χ2v) is 7.84. The molecular formula is C22H30N2O6. The average molecular weight is 418 g/mol. The van der Waals surface area contributed by atoms with Crippen LogP contribution in [0.4, 0.5) is 0 Å². The van der Waals surface area contributed by atoms with Crippen molar-refractivity contribution in [3.8, 4) is 0 Å². The fraction of sp³-hybridized carbons (Fsp3) is 0.455. The van der Waals surface area contributed by atoms with E-state index in [2.05, 4.69) is 31.6 Å². The van der Waals surface area contributed by atoms with E-state index >= 15 is 0 Å². The molecule has 1 heterocycles. The van der Waals surface area contributed by atoms with Gasteiger partial charge in [-0.25, -0.2) is 0 Å². The predicted molar refractivity (Wildman–Crippen MR) is 112 cm³/mol. The minimum absolute atomic E-state index is 0.0170. The Hall–Kier alpha value is -2.68. The summed E-state index contributed by atoms with van der Waals surface area (Å²) < 4.78 is 5.52. The van der Waals surface area contributed by atoms with Gasteiger partial charge in [0.2, 0.25) is 11.7 Å². The molecule has 5 unspecified atom stereocenters. The molecule has 0 aromatic rings. The van der Waals surface area contributed by atoms with Gasteiger partial charge in [0.05, 0.1) is 18.4 Å². The van der Waals surface area contributed by atoms with Crippen molar-refractivity contribution >= 4 is 23.3 Å². The number of allylic oxidation sites excluding steroid dienone is 3. The van der Waals surface area contributed by atoms with Gasteiger partial charge in [0.25, 0.3) is 0 Å². The van der Waals surface area contributed by atoms with Crippen LogP contribution in [0, 0.1) is 17.8 Å². The summed E-state index contributed by atoms with van der Waals surface area (Å²) in [5, 5.41) is 13.6. The predicted octanol–water partition coefficient (Wildman–Crippen LogP) is 0.966. The standard InChI is InChI=1S/C22H30N2O6/c1-10(2)17(25)14-9-30-22(29,21(23)24-20(28)13(7)8)16(19(27)12(5)6)15(14)18(26)11(3)4/h14-16,21,29H,1,3,5,7,9,23H2,2,4,6,8H3,(H,24,28). The van der Waals surface area contributed by atoms with Gasteiger partial charge in [0.15, 0.2) is 17.3 Å². The molecule has 8 heteroatoms. The minimum Gasteiger partial charge on any atom is -0.362 e. The van der Waals surface area contributed by atoms with E-state index in [1.54, 1.807) is 0 Å². The molecule has 30 heavy (non-hydrogen) atoms. The number of rotatable bonds is 9. The van der Waals surface area contributed by atoms with Crippen LogP contribution >= 0.6 is 0 Å². The Morgan fingerprint density at radius 2 is 1.40 bits per heavy atom. The van der Waals surface area contributed by atoms with E-state index in [1.807, 2.05) is 0 Å². The van der Waals surface area contributed by atoms with Crippen molar-refractivity contribution in [1.82, 2.24) is 5.32 Å². The van der Waals surface area contributed by atoms with Gasteiger partial charge in [-0.05, 0) is 44.4 Å². The first-order chi connectivity index (χ1) is 13.7. The summed E-state index contributed by atoms with van der Waals surface area (Å²) in [5.74, 6) is -9.01. The van der Waals surface area contributed by atoms with Crippen molar-refractivity contribution in [1.29, 1.82) is 0 Å². The maximum absolute atomic E-state index is 13.1. The van der Waals surface area contributed by atoms with Crippen LogP contribution in [0.3, 0.4) is 0 Å². The van der Waals surface area contributed by atoms with Crippen molar-refractivity contribution in [3.05, 3.63) is 48.6 Å². The highest BCUT2D eigenvalue weighted by Crippen LogP contribution is 2.42. The smallest absolute Gasteiger partial charge is 0.247 e. The van der Waals surface area contributed by atoms with Crippen LogP contribution in [-0.2, 0) is 23.9 Å². The van der Waals surface area contributed by atoms with Crippen LogP contribution in [0.15, 0.2) is 48.6 Å². The highest BCUT2D eigenvalue weighted by atomic mass is 16.6. The number of nitrogens with one attached hydrogen (secondary N) is 1. The summed E-state index contributed by atoms with van der Waals surface area (Å²) in [7, 11) is 0. The topological polar surface area (TPSA) is 136 Å². The monoisotopic (exact) mass is 418 g/mol. The van der Waals surface area contributed by atoms with Crippen molar-refractivity contribution in [3.63, 3.8) is 0 Å². The molecule has 0 aromatic carbocycles. The largest absolute Gasteiger partial charge is 0.362 e. The molecule has 0 radical (unpaired) electrons. The first-order valence-electron chi connectivity index (χ1n) is 9.34. The van der Waals surface area contributed by atoms with Crippen LogP contribution in [0.1, 0.15) is 27.7 Å². The summed E-state index contributed by atoms with van der Waals surface area (Å²) >= 11 is 0. The lowest BCUT2D eigenvalue weighted by Crippen LogP contribution is -2.70. The van der Waals surface area contributed by atoms with Crippen LogP contribution in [0.2, 0.25) is 0 Å². The third-order valence-electron chi connectivity index (χ3n) is 5.04. The zero-order valence-corrected chi connectivity index (χ0v) is 17.9. The second kappa shape index (κ2) is 9.42. The fourth-order valence-corrected chi connectivity index (χ4v) is 3.35. The first-order valence-corrected chi connectivity index (χ1v) is 9.34. The summed E-state index contributed by atoms with van der Waals surface area (Å²) in [6.07, 6.45) is -1.60. The van der Waals surface area contributed by atoms with Crippen LogP contribution in [0.5, 0.6) is 0 Å². The Kier molecular flexibility index (Phi) is 7.96. The van der Waals surface area contributed by atoms with Gasteiger partial charge in [0, 0.05) is 11.5 Å². The second-order valence-electron chi connectivity index (χ2n) is 7.84. The normalized spacial score (nSPS) is 26.8.